The summed E-state index contributed by atoms with van der Waals surface area (Å²) in [6.07, 6.45) is 1.59. The molecule has 1 heterocycles. The van der Waals surface area contributed by atoms with Gasteiger partial charge >= 0.3 is 0 Å². The van der Waals surface area contributed by atoms with Crippen LogP contribution in [0.3, 0.4) is 0 Å². The Labute approximate surface area is 111 Å². The van der Waals surface area contributed by atoms with Crippen LogP contribution in [0.4, 0.5) is 11.4 Å². The molecule has 6 nitrogen and oxygen atoms in total. The molecule has 3 N–H and O–H groups in total. The van der Waals surface area contributed by atoms with Crippen LogP contribution >= 0.6 is 0 Å². The summed E-state index contributed by atoms with van der Waals surface area (Å²) in [6.45, 7) is 1.89. The number of amides is 1. The Morgan fingerprint density at radius 3 is 2.74 bits per heavy atom. The zero-order valence-corrected chi connectivity index (χ0v) is 11.1. The van der Waals surface area contributed by atoms with Gasteiger partial charge in [0.1, 0.15) is 5.75 Å². The number of benzene rings is 1. The number of aromatic nitrogens is 2. The van der Waals surface area contributed by atoms with Crippen LogP contribution in [-0.4, -0.2) is 22.8 Å². The largest absolute Gasteiger partial charge is 0.497 e. The van der Waals surface area contributed by atoms with Gasteiger partial charge in [-0.2, -0.15) is 5.10 Å². The number of ether oxygens (including phenoxy) is 1. The maximum absolute atomic E-state index is 12.1. The quantitative estimate of drug-likeness (QED) is 0.877. The molecule has 2 rings (SSSR count). The van der Waals surface area contributed by atoms with E-state index in [1.807, 2.05) is 13.0 Å². The fourth-order valence-corrected chi connectivity index (χ4v) is 1.77. The Morgan fingerprint density at radius 2 is 2.21 bits per heavy atom. The van der Waals surface area contributed by atoms with Crippen LogP contribution in [-0.2, 0) is 7.05 Å². The minimum absolute atomic E-state index is 0.220. The predicted molar refractivity (Wildman–Crippen MR) is 73.3 cm³/mol. The van der Waals surface area contributed by atoms with Crippen LogP contribution in [0.5, 0.6) is 5.75 Å². The third kappa shape index (κ3) is 2.67. The van der Waals surface area contributed by atoms with E-state index in [1.165, 1.54) is 4.68 Å². The number of nitrogens with zero attached hydrogens (tertiary/aromatic N) is 2. The number of methoxy groups -OCH3 is 1. The summed E-state index contributed by atoms with van der Waals surface area (Å²) >= 11 is 0. The van der Waals surface area contributed by atoms with E-state index in [1.54, 1.807) is 32.5 Å². The fourth-order valence-electron chi connectivity index (χ4n) is 1.77. The number of nitrogens with two attached hydrogens (primary N) is 1. The first-order valence-electron chi connectivity index (χ1n) is 5.76. The first kappa shape index (κ1) is 12.9. The molecule has 0 aliphatic heterocycles. The number of rotatable bonds is 3. The first-order chi connectivity index (χ1) is 9.01. The number of aryl methyl sites for hydroxylation is 2. The summed E-state index contributed by atoms with van der Waals surface area (Å²) in [5, 5.41) is 6.81. The molecule has 2 aromatic rings. The summed E-state index contributed by atoms with van der Waals surface area (Å²) in [4.78, 5) is 12.1. The Morgan fingerprint density at radius 1 is 1.47 bits per heavy atom. The topological polar surface area (TPSA) is 82.2 Å². The third-order valence-corrected chi connectivity index (χ3v) is 2.75. The van der Waals surface area contributed by atoms with E-state index in [2.05, 4.69) is 10.4 Å². The Kier molecular flexibility index (Phi) is 3.41. The molecule has 1 aromatic heterocycles. The van der Waals surface area contributed by atoms with E-state index >= 15 is 0 Å². The number of carbonyl (C=O) groups excluding carboxylic acids is 1. The fraction of sp³-hybridized carbons (Fsp3) is 0.231. The zero-order valence-electron chi connectivity index (χ0n) is 11.1. The Bertz CT molecular complexity index is 619. The SMILES string of the molecule is COc1ccc(NC(=O)c2nn(C)cc2N)c(C)c1. The molecule has 0 fully saturated rings. The van der Waals surface area contributed by atoms with Gasteiger partial charge < -0.3 is 15.8 Å². The van der Waals surface area contributed by atoms with Crippen molar-refractivity contribution in [3.8, 4) is 5.75 Å². The Balaban J connectivity index is 2.22. The average Bonchev–Trinajstić information content (AvgIpc) is 2.71. The predicted octanol–water partition coefficient (Wildman–Crippen LogP) is 1.57. The van der Waals surface area contributed by atoms with Gasteiger partial charge in [0.15, 0.2) is 5.69 Å². The molecule has 6 heteroatoms. The summed E-state index contributed by atoms with van der Waals surface area (Å²) in [5.74, 6) is 0.416. The summed E-state index contributed by atoms with van der Waals surface area (Å²) in [5.41, 5.74) is 7.90. The van der Waals surface area contributed by atoms with Gasteiger partial charge in [0.05, 0.1) is 12.8 Å². The lowest BCUT2D eigenvalue weighted by atomic mass is 10.2. The second kappa shape index (κ2) is 5.01. The van der Waals surface area contributed by atoms with Crippen molar-refractivity contribution < 1.29 is 9.53 Å². The van der Waals surface area contributed by atoms with Crippen molar-refractivity contribution in [1.82, 2.24) is 9.78 Å². The highest BCUT2D eigenvalue weighted by atomic mass is 16.5. The van der Waals surface area contributed by atoms with E-state index in [-0.39, 0.29) is 11.6 Å². The van der Waals surface area contributed by atoms with Crippen molar-refractivity contribution in [2.45, 2.75) is 6.92 Å². The van der Waals surface area contributed by atoms with Crippen LogP contribution < -0.4 is 15.8 Å². The van der Waals surface area contributed by atoms with Crippen molar-refractivity contribution >= 4 is 17.3 Å². The second-order valence-corrected chi connectivity index (χ2v) is 4.24. The van der Waals surface area contributed by atoms with Gasteiger partial charge in [0.2, 0.25) is 0 Å². The molecule has 0 unspecified atom stereocenters. The molecule has 0 aliphatic carbocycles. The zero-order chi connectivity index (χ0) is 14.0. The highest BCUT2D eigenvalue weighted by Gasteiger charge is 2.15. The highest BCUT2D eigenvalue weighted by Crippen LogP contribution is 2.22. The lowest BCUT2D eigenvalue weighted by Crippen LogP contribution is -2.15. The van der Waals surface area contributed by atoms with E-state index in [0.29, 0.717) is 11.4 Å². The van der Waals surface area contributed by atoms with Crippen LogP contribution in [0, 0.1) is 6.92 Å². The molecular weight excluding hydrogens is 244 g/mol. The number of carbonyl (C=O) groups is 1. The number of hydrogen-bond acceptors (Lipinski definition) is 4. The lowest BCUT2D eigenvalue weighted by molar-refractivity contribution is 0.102. The van der Waals surface area contributed by atoms with Crippen LogP contribution in [0.25, 0.3) is 0 Å². The molecule has 100 valence electrons. The van der Waals surface area contributed by atoms with E-state index in [0.717, 1.165) is 11.3 Å². The highest BCUT2D eigenvalue weighted by molar-refractivity contribution is 6.06. The van der Waals surface area contributed by atoms with Gasteiger partial charge in [0.25, 0.3) is 5.91 Å². The van der Waals surface area contributed by atoms with Gasteiger partial charge in [-0.15, -0.1) is 0 Å². The van der Waals surface area contributed by atoms with Crippen molar-refractivity contribution in [2.75, 3.05) is 18.2 Å². The molecule has 1 amide bonds. The van der Waals surface area contributed by atoms with Gasteiger partial charge in [-0.05, 0) is 30.7 Å². The number of nitrogens with one attached hydrogen (secondary N) is 1. The molecule has 0 atom stereocenters. The monoisotopic (exact) mass is 260 g/mol. The summed E-state index contributed by atoms with van der Waals surface area (Å²) in [6, 6.07) is 5.41. The molecule has 0 spiro atoms. The van der Waals surface area contributed by atoms with E-state index < -0.39 is 0 Å². The van der Waals surface area contributed by atoms with Gasteiger partial charge in [-0.25, -0.2) is 0 Å². The van der Waals surface area contributed by atoms with Crippen LogP contribution in [0.2, 0.25) is 0 Å². The van der Waals surface area contributed by atoms with E-state index in [4.69, 9.17) is 10.5 Å². The number of hydrogen-bond donors (Lipinski definition) is 2. The normalized spacial score (nSPS) is 10.3. The number of anilines is 2. The lowest BCUT2D eigenvalue weighted by Gasteiger charge is -2.09. The minimum Gasteiger partial charge on any atom is -0.497 e. The average molecular weight is 260 g/mol. The standard InChI is InChI=1S/C13H16N4O2/c1-8-6-9(19-3)4-5-11(8)15-13(18)12-10(14)7-17(2)16-12/h4-7H,14H2,1-3H3,(H,15,18). The Hall–Kier alpha value is -2.50. The number of nitrogen functional groups attached to an aromatic ring is 1. The maximum Gasteiger partial charge on any atom is 0.278 e. The first-order valence-corrected chi connectivity index (χ1v) is 5.76. The van der Waals surface area contributed by atoms with Gasteiger partial charge in [-0.3, -0.25) is 9.48 Å². The third-order valence-electron chi connectivity index (χ3n) is 2.75. The molecule has 0 saturated heterocycles. The van der Waals surface area contributed by atoms with Crippen molar-refractivity contribution in [2.24, 2.45) is 7.05 Å². The molecular formula is C13H16N4O2. The minimum atomic E-state index is -0.327. The second-order valence-electron chi connectivity index (χ2n) is 4.24. The van der Waals surface area contributed by atoms with Crippen molar-refractivity contribution in [3.05, 3.63) is 35.7 Å². The maximum atomic E-state index is 12.1. The van der Waals surface area contributed by atoms with E-state index in [9.17, 15) is 4.79 Å². The van der Waals surface area contributed by atoms with Crippen LogP contribution in [0.1, 0.15) is 16.1 Å². The molecule has 0 aliphatic rings. The van der Waals surface area contributed by atoms with Crippen LogP contribution in [0.15, 0.2) is 24.4 Å². The molecule has 0 radical (unpaired) electrons. The molecule has 1 aromatic carbocycles. The van der Waals surface area contributed by atoms with Gasteiger partial charge in [0, 0.05) is 18.9 Å². The summed E-state index contributed by atoms with van der Waals surface area (Å²) < 4.78 is 6.62. The van der Waals surface area contributed by atoms with Gasteiger partial charge in [-0.1, -0.05) is 0 Å². The van der Waals surface area contributed by atoms with Crippen molar-refractivity contribution in [1.29, 1.82) is 0 Å². The molecule has 0 saturated carbocycles. The molecule has 19 heavy (non-hydrogen) atoms. The summed E-state index contributed by atoms with van der Waals surface area (Å²) in [7, 11) is 3.31. The molecule has 0 bridgehead atoms. The smallest absolute Gasteiger partial charge is 0.278 e. The van der Waals surface area contributed by atoms with Crippen molar-refractivity contribution in [3.63, 3.8) is 0 Å².